The number of halogens is 1. The molecule has 0 aliphatic heterocycles. The van der Waals surface area contributed by atoms with Gasteiger partial charge in [-0.3, -0.25) is 0 Å². The molecule has 0 N–H and O–H groups in total. The van der Waals surface area contributed by atoms with E-state index in [1.165, 1.54) is 6.07 Å². The lowest BCUT2D eigenvalue weighted by Crippen LogP contribution is -1.89. The molecule has 2 nitrogen and oxygen atoms in total. The Balaban J connectivity index is 2.88. The summed E-state index contributed by atoms with van der Waals surface area (Å²) in [7, 11) is 0. The SMILES string of the molecule is Cc1cc(F)c2nc(C)cn2c1. The van der Waals surface area contributed by atoms with Crippen LogP contribution in [0, 0.1) is 19.7 Å². The van der Waals surface area contributed by atoms with Crippen LogP contribution in [-0.4, -0.2) is 9.38 Å². The second-order valence-corrected chi connectivity index (χ2v) is 2.98. The molecule has 0 bridgehead atoms. The molecule has 62 valence electrons. The van der Waals surface area contributed by atoms with E-state index in [-0.39, 0.29) is 5.82 Å². The van der Waals surface area contributed by atoms with Gasteiger partial charge in [0.05, 0.1) is 5.69 Å². The summed E-state index contributed by atoms with van der Waals surface area (Å²) >= 11 is 0. The highest BCUT2D eigenvalue weighted by molar-refractivity contribution is 5.42. The second kappa shape index (κ2) is 2.30. The summed E-state index contributed by atoms with van der Waals surface area (Å²) in [6, 6.07) is 1.49. The molecule has 2 rings (SSSR count). The predicted molar refractivity (Wildman–Crippen MR) is 44.6 cm³/mol. The van der Waals surface area contributed by atoms with Gasteiger partial charge in [-0.05, 0) is 25.5 Å². The number of imidazole rings is 1. The van der Waals surface area contributed by atoms with Crippen molar-refractivity contribution in [2.45, 2.75) is 13.8 Å². The number of hydrogen-bond donors (Lipinski definition) is 0. The van der Waals surface area contributed by atoms with Crippen molar-refractivity contribution in [2.75, 3.05) is 0 Å². The third kappa shape index (κ3) is 0.978. The molecule has 2 aromatic heterocycles. The zero-order valence-electron chi connectivity index (χ0n) is 7.00. The van der Waals surface area contributed by atoms with Crippen molar-refractivity contribution in [3.8, 4) is 0 Å². The highest BCUT2D eigenvalue weighted by Gasteiger charge is 2.03. The monoisotopic (exact) mass is 164 g/mol. The van der Waals surface area contributed by atoms with Crippen molar-refractivity contribution in [2.24, 2.45) is 0 Å². The average Bonchev–Trinajstić information content (AvgIpc) is 2.29. The van der Waals surface area contributed by atoms with Gasteiger partial charge >= 0.3 is 0 Å². The molecule has 0 atom stereocenters. The minimum absolute atomic E-state index is 0.261. The Kier molecular flexibility index (Phi) is 1.40. The molecule has 0 fully saturated rings. The fourth-order valence-corrected chi connectivity index (χ4v) is 1.31. The minimum Gasteiger partial charge on any atom is -0.304 e. The molecular formula is C9H9FN2. The molecule has 0 radical (unpaired) electrons. The number of rotatable bonds is 0. The van der Waals surface area contributed by atoms with Gasteiger partial charge in [0.2, 0.25) is 0 Å². The van der Waals surface area contributed by atoms with Crippen molar-refractivity contribution >= 4 is 5.65 Å². The smallest absolute Gasteiger partial charge is 0.173 e. The van der Waals surface area contributed by atoms with Crippen molar-refractivity contribution < 1.29 is 4.39 Å². The molecule has 0 aromatic carbocycles. The summed E-state index contributed by atoms with van der Waals surface area (Å²) in [6.45, 7) is 3.71. The van der Waals surface area contributed by atoms with E-state index in [2.05, 4.69) is 4.98 Å². The van der Waals surface area contributed by atoms with E-state index >= 15 is 0 Å². The first-order chi connectivity index (χ1) is 5.66. The van der Waals surface area contributed by atoms with E-state index in [1.54, 1.807) is 4.40 Å². The van der Waals surface area contributed by atoms with Crippen LogP contribution in [0.1, 0.15) is 11.3 Å². The summed E-state index contributed by atoms with van der Waals surface area (Å²) in [5.74, 6) is -0.261. The van der Waals surface area contributed by atoms with Gasteiger partial charge in [0.15, 0.2) is 11.5 Å². The molecule has 0 amide bonds. The van der Waals surface area contributed by atoms with E-state index < -0.39 is 0 Å². The van der Waals surface area contributed by atoms with Gasteiger partial charge in [-0.25, -0.2) is 9.37 Å². The van der Waals surface area contributed by atoms with Crippen LogP contribution in [0.5, 0.6) is 0 Å². The van der Waals surface area contributed by atoms with E-state index in [1.807, 2.05) is 26.2 Å². The van der Waals surface area contributed by atoms with Crippen molar-refractivity contribution in [3.05, 3.63) is 35.5 Å². The Morgan fingerprint density at radius 2 is 2.08 bits per heavy atom. The molecule has 2 heterocycles. The Labute approximate surface area is 69.7 Å². The van der Waals surface area contributed by atoms with Gasteiger partial charge in [0, 0.05) is 12.4 Å². The number of aromatic nitrogens is 2. The number of nitrogens with zero attached hydrogens (tertiary/aromatic N) is 2. The van der Waals surface area contributed by atoms with Crippen LogP contribution >= 0.6 is 0 Å². The maximum Gasteiger partial charge on any atom is 0.173 e. The first-order valence-corrected chi connectivity index (χ1v) is 3.78. The van der Waals surface area contributed by atoms with Crippen molar-refractivity contribution in [1.82, 2.24) is 9.38 Å². The lowest BCUT2D eigenvalue weighted by Gasteiger charge is -1.96. The number of aryl methyl sites for hydroxylation is 2. The Bertz CT molecular complexity index is 431. The van der Waals surface area contributed by atoms with Crippen LogP contribution in [0.4, 0.5) is 4.39 Å². The van der Waals surface area contributed by atoms with Gasteiger partial charge < -0.3 is 4.40 Å². The van der Waals surface area contributed by atoms with E-state index in [0.29, 0.717) is 5.65 Å². The molecule has 0 saturated heterocycles. The molecule has 3 heteroatoms. The number of hydrogen-bond acceptors (Lipinski definition) is 1. The van der Waals surface area contributed by atoms with E-state index in [0.717, 1.165) is 11.3 Å². The lowest BCUT2D eigenvalue weighted by molar-refractivity contribution is 0.628. The van der Waals surface area contributed by atoms with E-state index in [9.17, 15) is 4.39 Å². The van der Waals surface area contributed by atoms with Crippen LogP contribution in [0.3, 0.4) is 0 Å². The number of fused-ring (bicyclic) bond motifs is 1. The first-order valence-electron chi connectivity index (χ1n) is 3.78. The molecular weight excluding hydrogens is 155 g/mol. The van der Waals surface area contributed by atoms with Crippen LogP contribution < -0.4 is 0 Å². The summed E-state index contributed by atoms with van der Waals surface area (Å²) in [6.07, 6.45) is 3.67. The summed E-state index contributed by atoms with van der Waals surface area (Å²) < 4.78 is 14.9. The molecule has 12 heavy (non-hydrogen) atoms. The molecule has 0 aliphatic rings. The Morgan fingerprint density at radius 1 is 1.33 bits per heavy atom. The van der Waals surface area contributed by atoms with Gasteiger partial charge in [-0.1, -0.05) is 0 Å². The van der Waals surface area contributed by atoms with Crippen LogP contribution in [0.2, 0.25) is 0 Å². The summed E-state index contributed by atoms with van der Waals surface area (Å²) in [5.41, 5.74) is 2.13. The average molecular weight is 164 g/mol. The summed E-state index contributed by atoms with van der Waals surface area (Å²) in [4.78, 5) is 4.04. The fraction of sp³-hybridized carbons (Fsp3) is 0.222. The van der Waals surface area contributed by atoms with E-state index in [4.69, 9.17) is 0 Å². The van der Waals surface area contributed by atoms with Crippen LogP contribution in [-0.2, 0) is 0 Å². The van der Waals surface area contributed by atoms with Crippen LogP contribution in [0.15, 0.2) is 18.5 Å². The molecule has 0 spiro atoms. The Morgan fingerprint density at radius 3 is 2.83 bits per heavy atom. The van der Waals surface area contributed by atoms with Crippen molar-refractivity contribution in [3.63, 3.8) is 0 Å². The third-order valence-corrected chi connectivity index (χ3v) is 1.76. The lowest BCUT2D eigenvalue weighted by atomic mass is 10.3. The summed E-state index contributed by atoms with van der Waals surface area (Å²) in [5, 5.41) is 0. The standard InChI is InChI=1S/C9H9FN2/c1-6-3-8(10)9-11-7(2)5-12(9)4-6/h3-5H,1-2H3. The predicted octanol–water partition coefficient (Wildman–Crippen LogP) is 2.09. The minimum atomic E-state index is -0.261. The first kappa shape index (κ1) is 7.28. The topological polar surface area (TPSA) is 17.3 Å². The molecule has 0 aliphatic carbocycles. The third-order valence-electron chi connectivity index (χ3n) is 1.76. The van der Waals surface area contributed by atoms with Gasteiger partial charge in [0.25, 0.3) is 0 Å². The maximum atomic E-state index is 13.2. The normalized spacial score (nSPS) is 10.9. The zero-order valence-corrected chi connectivity index (χ0v) is 7.00. The second-order valence-electron chi connectivity index (χ2n) is 2.98. The molecule has 2 aromatic rings. The Hall–Kier alpha value is -1.38. The highest BCUT2D eigenvalue weighted by Crippen LogP contribution is 2.11. The molecule has 0 unspecified atom stereocenters. The van der Waals surface area contributed by atoms with Gasteiger partial charge in [-0.2, -0.15) is 0 Å². The quantitative estimate of drug-likeness (QED) is 0.582. The largest absolute Gasteiger partial charge is 0.304 e. The zero-order chi connectivity index (χ0) is 8.72. The van der Waals surface area contributed by atoms with Gasteiger partial charge in [0.1, 0.15) is 0 Å². The number of pyridine rings is 1. The molecule has 0 saturated carbocycles. The van der Waals surface area contributed by atoms with Gasteiger partial charge in [-0.15, -0.1) is 0 Å². The van der Waals surface area contributed by atoms with Crippen molar-refractivity contribution in [1.29, 1.82) is 0 Å². The fourth-order valence-electron chi connectivity index (χ4n) is 1.31. The highest BCUT2D eigenvalue weighted by atomic mass is 19.1. The maximum absolute atomic E-state index is 13.2. The van der Waals surface area contributed by atoms with Crippen LogP contribution in [0.25, 0.3) is 5.65 Å².